The van der Waals surface area contributed by atoms with Gasteiger partial charge >= 0.3 is 6.09 Å². The van der Waals surface area contributed by atoms with Gasteiger partial charge in [-0.1, -0.05) is 38.5 Å². The Hall–Kier alpha value is -2.22. The Morgan fingerprint density at radius 1 is 1.00 bits per heavy atom. The second-order valence-corrected chi connectivity index (χ2v) is 12.8. The first-order chi connectivity index (χ1) is 17.6. The van der Waals surface area contributed by atoms with Gasteiger partial charge in [-0.3, -0.25) is 9.59 Å². The lowest BCUT2D eigenvalue weighted by Gasteiger charge is -2.45. The molecule has 3 unspecified atom stereocenters. The highest BCUT2D eigenvalue weighted by Crippen LogP contribution is 2.33. The Balaban J connectivity index is 3.67. The number of amides is 3. The molecule has 1 rings (SSSR count). The highest BCUT2D eigenvalue weighted by Gasteiger charge is 2.43. The topological polar surface area (TPSA) is 87.7 Å². The number of hydrogen-bond acceptors (Lipinski definition) is 5. The highest BCUT2D eigenvalue weighted by atomic mass is 32.2. The van der Waals surface area contributed by atoms with Crippen molar-refractivity contribution in [3.8, 4) is 0 Å². The Morgan fingerprint density at radius 3 is 2.13 bits per heavy atom. The molecule has 8 heteroatoms. The molecule has 0 bridgehead atoms. The molecule has 1 aromatic carbocycles. The van der Waals surface area contributed by atoms with Crippen molar-refractivity contribution >= 4 is 29.7 Å². The van der Waals surface area contributed by atoms with Crippen LogP contribution in [0.1, 0.15) is 104 Å². The number of nitrogens with one attached hydrogen (secondary N) is 2. The van der Waals surface area contributed by atoms with Crippen LogP contribution in [-0.4, -0.2) is 58.0 Å². The third kappa shape index (κ3) is 10.2. The van der Waals surface area contributed by atoms with Crippen LogP contribution in [0.2, 0.25) is 0 Å². The Bertz CT molecular complexity index is 942. The molecule has 0 saturated carbocycles. The molecule has 38 heavy (non-hydrogen) atoms. The molecule has 0 radical (unpaired) electrons. The highest BCUT2D eigenvalue weighted by molar-refractivity contribution is 7.98. The van der Waals surface area contributed by atoms with Gasteiger partial charge in [-0.05, 0) is 103 Å². The molecular formula is C30H51N3O4S. The molecule has 7 nitrogen and oxygen atoms in total. The summed E-state index contributed by atoms with van der Waals surface area (Å²) < 4.78 is 5.48. The van der Waals surface area contributed by atoms with Crippen molar-refractivity contribution in [3.63, 3.8) is 0 Å². The maximum atomic E-state index is 14.4. The first kappa shape index (κ1) is 33.8. The summed E-state index contributed by atoms with van der Waals surface area (Å²) in [6.07, 6.45) is 4.14. The van der Waals surface area contributed by atoms with Crippen LogP contribution in [0.5, 0.6) is 0 Å². The Labute approximate surface area is 235 Å². The van der Waals surface area contributed by atoms with Crippen molar-refractivity contribution in [2.24, 2.45) is 0 Å². The van der Waals surface area contributed by atoms with Crippen LogP contribution in [-0.2, 0) is 14.3 Å². The summed E-state index contributed by atoms with van der Waals surface area (Å²) >= 11 is 1.60. The Morgan fingerprint density at radius 2 is 1.63 bits per heavy atom. The zero-order chi connectivity index (χ0) is 29.3. The lowest BCUT2D eigenvalue weighted by molar-refractivity contribution is -0.149. The van der Waals surface area contributed by atoms with E-state index >= 15 is 0 Å². The van der Waals surface area contributed by atoms with Crippen molar-refractivity contribution in [1.82, 2.24) is 15.5 Å². The average molecular weight is 550 g/mol. The molecule has 0 aliphatic carbocycles. The van der Waals surface area contributed by atoms with Crippen molar-refractivity contribution in [2.75, 3.05) is 12.0 Å². The normalized spacial score (nSPS) is 14.3. The van der Waals surface area contributed by atoms with Gasteiger partial charge < -0.3 is 20.3 Å². The minimum atomic E-state index is -0.853. The molecule has 3 amide bonds. The molecule has 0 aliphatic heterocycles. The number of rotatable bonds is 13. The average Bonchev–Trinajstić information content (AvgIpc) is 2.80. The summed E-state index contributed by atoms with van der Waals surface area (Å²) in [5.74, 6) is 0.156. The SMILES string of the molecule is CCCC(C)NC(=O)C(c1ccc(C)c(C)c1)N(C(=O)C(CCSC)NC(=O)OC(C)(C)C)C(C)(C)CC. The van der Waals surface area contributed by atoms with E-state index in [1.807, 2.05) is 66.0 Å². The van der Waals surface area contributed by atoms with Gasteiger partial charge in [0.15, 0.2) is 0 Å². The van der Waals surface area contributed by atoms with E-state index in [1.54, 1.807) is 37.4 Å². The zero-order valence-corrected chi connectivity index (χ0v) is 26.3. The van der Waals surface area contributed by atoms with Crippen LogP contribution in [0.25, 0.3) is 0 Å². The van der Waals surface area contributed by atoms with Crippen LogP contribution in [0.3, 0.4) is 0 Å². The summed E-state index contributed by atoms with van der Waals surface area (Å²) in [7, 11) is 0. The minimum absolute atomic E-state index is 0.0320. The number of aryl methyl sites for hydroxylation is 2. The molecule has 0 saturated heterocycles. The fourth-order valence-corrected chi connectivity index (χ4v) is 4.71. The van der Waals surface area contributed by atoms with Crippen LogP contribution in [0.4, 0.5) is 4.79 Å². The number of benzene rings is 1. The number of carbonyl (C=O) groups excluding carboxylic acids is 3. The van der Waals surface area contributed by atoms with E-state index in [0.717, 1.165) is 29.5 Å². The lowest BCUT2D eigenvalue weighted by atomic mass is 9.90. The van der Waals surface area contributed by atoms with Crippen LogP contribution in [0.15, 0.2) is 18.2 Å². The smallest absolute Gasteiger partial charge is 0.408 e. The summed E-state index contributed by atoms with van der Waals surface area (Å²) in [5, 5.41) is 5.96. The second-order valence-electron chi connectivity index (χ2n) is 11.8. The van der Waals surface area contributed by atoms with Crippen molar-refractivity contribution in [3.05, 3.63) is 34.9 Å². The van der Waals surface area contributed by atoms with Crippen LogP contribution >= 0.6 is 11.8 Å². The molecule has 2 N–H and O–H groups in total. The van der Waals surface area contributed by atoms with E-state index < -0.39 is 29.3 Å². The number of thioether (sulfide) groups is 1. The van der Waals surface area contributed by atoms with Gasteiger partial charge in [0.25, 0.3) is 0 Å². The summed E-state index contributed by atoms with van der Waals surface area (Å²) in [6.45, 7) is 19.4. The minimum Gasteiger partial charge on any atom is -0.444 e. The second kappa shape index (κ2) is 14.8. The fourth-order valence-electron chi connectivity index (χ4n) is 4.24. The van der Waals surface area contributed by atoms with Crippen LogP contribution < -0.4 is 10.6 Å². The predicted molar refractivity (Wildman–Crippen MR) is 159 cm³/mol. The Kier molecular flexibility index (Phi) is 13.2. The maximum Gasteiger partial charge on any atom is 0.408 e. The van der Waals surface area contributed by atoms with Crippen molar-refractivity contribution in [2.45, 2.75) is 124 Å². The van der Waals surface area contributed by atoms with E-state index in [-0.39, 0.29) is 17.9 Å². The van der Waals surface area contributed by atoms with Gasteiger partial charge in [0.05, 0.1) is 0 Å². The van der Waals surface area contributed by atoms with Crippen LogP contribution in [0, 0.1) is 13.8 Å². The summed E-state index contributed by atoms with van der Waals surface area (Å²) in [6, 6.07) is 4.20. The molecule has 0 heterocycles. The van der Waals surface area contributed by atoms with Gasteiger partial charge in [0.2, 0.25) is 11.8 Å². The quantitative estimate of drug-likeness (QED) is 0.301. The number of ether oxygens (including phenoxy) is 1. The number of hydrogen-bond donors (Lipinski definition) is 2. The molecule has 3 atom stereocenters. The van der Waals surface area contributed by atoms with Gasteiger partial charge in [-0.25, -0.2) is 4.79 Å². The van der Waals surface area contributed by atoms with E-state index in [4.69, 9.17) is 4.74 Å². The molecule has 0 aliphatic rings. The standard InChI is InChI=1S/C30H51N3O4S/c1-12-14-22(5)31-26(34)25(23-16-15-20(3)21(4)19-23)33(30(9,10)13-2)27(35)24(17-18-38-11)32-28(36)37-29(6,7)8/h15-16,19,22,24-25H,12-14,17-18H2,1-11H3,(H,31,34)(H,32,36). The number of carbonyl (C=O) groups is 3. The predicted octanol–water partition coefficient (Wildman–Crippen LogP) is 6.31. The van der Waals surface area contributed by atoms with E-state index in [0.29, 0.717) is 18.6 Å². The molecule has 0 fully saturated rings. The van der Waals surface area contributed by atoms with Gasteiger partial charge in [-0.2, -0.15) is 11.8 Å². The van der Waals surface area contributed by atoms with Gasteiger partial charge in [0.1, 0.15) is 17.7 Å². The summed E-state index contributed by atoms with van der Waals surface area (Å²) in [5.41, 5.74) is 1.56. The summed E-state index contributed by atoms with van der Waals surface area (Å²) in [4.78, 5) is 42.8. The molecule has 0 aromatic heterocycles. The van der Waals surface area contributed by atoms with E-state index in [1.165, 1.54) is 0 Å². The van der Waals surface area contributed by atoms with Crippen molar-refractivity contribution in [1.29, 1.82) is 0 Å². The lowest BCUT2D eigenvalue weighted by Crippen LogP contribution is -2.59. The van der Waals surface area contributed by atoms with Gasteiger partial charge in [0, 0.05) is 11.6 Å². The van der Waals surface area contributed by atoms with E-state index in [2.05, 4.69) is 17.6 Å². The van der Waals surface area contributed by atoms with Gasteiger partial charge in [-0.15, -0.1) is 0 Å². The monoisotopic (exact) mass is 549 g/mol. The first-order valence-corrected chi connectivity index (χ1v) is 15.2. The van der Waals surface area contributed by atoms with Crippen molar-refractivity contribution < 1.29 is 19.1 Å². The number of alkyl carbamates (subject to hydrolysis) is 1. The third-order valence-corrected chi connectivity index (χ3v) is 7.46. The maximum absolute atomic E-state index is 14.4. The first-order valence-electron chi connectivity index (χ1n) is 13.8. The molecule has 1 aromatic rings. The molecule has 216 valence electrons. The molecule has 0 spiro atoms. The largest absolute Gasteiger partial charge is 0.444 e. The van der Waals surface area contributed by atoms with E-state index in [9.17, 15) is 14.4 Å². The zero-order valence-electron chi connectivity index (χ0n) is 25.5. The molecular weight excluding hydrogens is 498 g/mol. The fraction of sp³-hybridized carbons (Fsp3) is 0.700. The third-order valence-electron chi connectivity index (χ3n) is 6.82. The number of nitrogens with zero attached hydrogens (tertiary/aromatic N) is 1.